The first-order valence-electron chi connectivity index (χ1n) is 10.9. The highest BCUT2D eigenvalue weighted by atomic mass is 16.5. The van der Waals surface area contributed by atoms with E-state index >= 15 is 0 Å². The number of benzene rings is 2. The third-order valence-electron chi connectivity index (χ3n) is 6.64. The van der Waals surface area contributed by atoms with Gasteiger partial charge in [-0.2, -0.15) is 0 Å². The standard InChI is InChI=1S/C26H25NO5/c1-15-8-3-6-12-18(15)22-21(24(29)26(30)27(22)17-10-4-5-11-17)23(28)20-14-16-9-7-13-19(31-2)25(16)32-20/h3,6-9,12-14,17,22,29H,4-5,10-11H2,1-2H3. The molecule has 2 heterocycles. The van der Waals surface area contributed by atoms with E-state index in [9.17, 15) is 14.7 Å². The van der Waals surface area contributed by atoms with Gasteiger partial charge < -0.3 is 19.2 Å². The van der Waals surface area contributed by atoms with Gasteiger partial charge in [0.1, 0.15) is 0 Å². The van der Waals surface area contributed by atoms with Gasteiger partial charge >= 0.3 is 0 Å². The van der Waals surface area contributed by atoms with Gasteiger partial charge in [0.05, 0.1) is 18.7 Å². The van der Waals surface area contributed by atoms with Crippen LogP contribution in [-0.2, 0) is 4.79 Å². The van der Waals surface area contributed by atoms with Gasteiger partial charge in [-0.25, -0.2) is 0 Å². The Morgan fingerprint density at radius 1 is 1.12 bits per heavy atom. The van der Waals surface area contributed by atoms with Gasteiger partial charge in [-0.05, 0) is 43.0 Å². The molecule has 164 valence electrons. The van der Waals surface area contributed by atoms with Crippen LogP contribution < -0.4 is 4.74 Å². The Balaban J connectivity index is 1.64. The van der Waals surface area contributed by atoms with Crippen molar-refractivity contribution in [3.63, 3.8) is 0 Å². The molecule has 1 unspecified atom stereocenters. The second-order valence-corrected chi connectivity index (χ2v) is 8.49. The van der Waals surface area contributed by atoms with E-state index < -0.39 is 23.5 Å². The number of Topliss-reactive ketones (excluding diaryl/α,β-unsaturated/α-hetero) is 1. The largest absolute Gasteiger partial charge is 0.503 e. The van der Waals surface area contributed by atoms with E-state index in [4.69, 9.17) is 9.15 Å². The van der Waals surface area contributed by atoms with Crippen LogP contribution in [0.1, 0.15) is 53.4 Å². The van der Waals surface area contributed by atoms with Gasteiger partial charge in [0, 0.05) is 11.4 Å². The summed E-state index contributed by atoms with van der Waals surface area (Å²) in [7, 11) is 1.54. The van der Waals surface area contributed by atoms with Crippen LogP contribution >= 0.6 is 0 Å². The number of hydrogen-bond acceptors (Lipinski definition) is 5. The van der Waals surface area contributed by atoms with Gasteiger partial charge in [0.25, 0.3) is 5.91 Å². The molecular formula is C26H25NO5. The number of aliphatic hydroxyl groups is 1. The summed E-state index contributed by atoms with van der Waals surface area (Å²) >= 11 is 0. The number of ketones is 1. The number of aryl methyl sites for hydroxylation is 1. The van der Waals surface area contributed by atoms with Gasteiger partial charge in [0.15, 0.2) is 22.9 Å². The summed E-state index contributed by atoms with van der Waals surface area (Å²) in [6.07, 6.45) is 3.79. The minimum atomic E-state index is -0.644. The van der Waals surface area contributed by atoms with E-state index in [0.29, 0.717) is 11.3 Å². The fourth-order valence-electron chi connectivity index (χ4n) is 5.05. The molecule has 32 heavy (non-hydrogen) atoms. The molecule has 0 radical (unpaired) electrons. The van der Waals surface area contributed by atoms with Gasteiger partial charge in [0.2, 0.25) is 5.78 Å². The van der Waals surface area contributed by atoms with Crippen molar-refractivity contribution in [2.75, 3.05) is 7.11 Å². The lowest BCUT2D eigenvalue weighted by atomic mass is 9.91. The first kappa shape index (κ1) is 20.4. The topological polar surface area (TPSA) is 80.0 Å². The van der Waals surface area contributed by atoms with Crippen LogP contribution in [0.25, 0.3) is 11.0 Å². The predicted molar refractivity (Wildman–Crippen MR) is 120 cm³/mol. The maximum absolute atomic E-state index is 13.7. The predicted octanol–water partition coefficient (Wildman–Crippen LogP) is 5.27. The lowest BCUT2D eigenvalue weighted by Crippen LogP contribution is -2.39. The van der Waals surface area contributed by atoms with Crippen molar-refractivity contribution in [2.24, 2.45) is 0 Å². The fourth-order valence-corrected chi connectivity index (χ4v) is 5.05. The van der Waals surface area contributed by atoms with Crippen molar-refractivity contribution < 1.29 is 23.8 Å². The van der Waals surface area contributed by atoms with Crippen LogP contribution in [0, 0.1) is 6.92 Å². The molecule has 2 aromatic carbocycles. The summed E-state index contributed by atoms with van der Waals surface area (Å²) in [5.74, 6) is -0.858. The van der Waals surface area contributed by atoms with Crippen molar-refractivity contribution in [3.05, 3.63) is 76.8 Å². The zero-order chi connectivity index (χ0) is 22.4. The Morgan fingerprint density at radius 2 is 1.88 bits per heavy atom. The number of furan rings is 1. The average Bonchev–Trinajstić information content (AvgIpc) is 3.52. The van der Waals surface area contributed by atoms with Crippen molar-refractivity contribution in [1.29, 1.82) is 0 Å². The number of amides is 1. The molecule has 1 amide bonds. The number of carbonyl (C=O) groups is 2. The molecule has 2 aliphatic rings. The SMILES string of the molecule is COc1cccc2cc(C(=O)C3=C(O)C(=O)N(C4CCCC4)C3c3ccccc3C)oc12. The normalized spacial score (nSPS) is 19.4. The van der Waals surface area contributed by atoms with E-state index in [-0.39, 0.29) is 17.4 Å². The summed E-state index contributed by atoms with van der Waals surface area (Å²) in [6, 6.07) is 14.1. The molecule has 1 saturated carbocycles. The molecule has 0 saturated heterocycles. The zero-order valence-electron chi connectivity index (χ0n) is 18.1. The first-order chi connectivity index (χ1) is 15.5. The summed E-state index contributed by atoms with van der Waals surface area (Å²) in [4.78, 5) is 28.6. The molecule has 5 rings (SSSR count). The number of para-hydroxylation sites is 1. The van der Waals surface area contributed by atoms with E-state index in [0.717, 1.165) is 42.2 Å². The van der Waals surface area contributed by atoms with Crippen molar-refractivity contribution in [2.45, 2.75) is 44.7 Å². The highest BCUT2D eigenvalue weighted by Gasteiger charge is 2.48. The quantitative estimate of drug-likeness (QED) is 0.557. The van der Waals surface area contributed by atoms with Crippen molar-refractivity contribution in [3.8, 4) is 5.75 Å². The first-order valence-corrected chi connectivity index (χ1v) is 10.9. The number of nitrogens with zero attached hydrogens (tertiary/aromatic N) is 1. The summed E-state index contributed by atoms with van der Waals surface area (Å²) in [6.45, 7) is 1.95. The van der Waals surface area contributed by atoms with Gasteiger partial charge in [-0.15, -0.1) is 0 Å². The molecule has 3 aromatic rings. The molecule has 1 atom stereocenters. The van der Waals surface area contributed by atoms with Crippen LogP contribution in [0.2, 0.25) is 0 Å². The molecule has 0 spiro atoms. The number of hydrogen-bond donors (Lipinski definition) is 1. The number of ether oxygens (including phenoxy) is 1. The second kappa shape index (κ2) is 7.86. The Bertz CT molecular complexity index is 1250. The van der Waals surface area contributed by atoms with Crippen LogP contribution in [0.3, 0.4) is 0 Å². The number of rotatable bonds is 5. The molecule has 1 aliphatic carbocycles. The van der Waals surface area contributed by atoms with Crippen LogP contribution in [-0.4, -0.2) is 34.8 Å². The molecule has 1 aliphatic heterocycles. The van der Waals surface area contributed by atoms with Crippen LogP contribution in [0.15, 0.2) is 64.3 Å². The number of fused-ring (bicyclic) bond motifs is 1. The van der Waals surface area contributed by atoms with E-state index in [1.54, 1.807) is 17.0 Å². The smallest absolute Gasteiger partial charge is 0.290 e. The van der Waals surface area contributed by atoms with E-state index in [1.165, 1.54) is 7.11 Å². The number of aliphatic hydroxyl groups excluding tert-OH is 1. The third kappa shape index (κ3) is 3.09. The Labute approximate surface area is 186 Å². The number of methoxy groups -OCH3 is 1. The van der Waals surface area contributed by atoms with Crippen LogP contribution in [0.4, 0.5) is 0 Å². The lowest BCUT2D eigenvalue weighted by molar-refractivity contribution is -0.131. The fraction of sp³-hybridized carbons (Fsp3) is 0.308. The Morgan fingerprint density at radius 3 is 2.59 bits per heavy atom. The second-order valence-electron chi connectivity index (χ2n) is 8.49. The lowest BCUT2D eigenvalue weighted by Gasteiger charge is -2.32. The highest BCUT2D eigenvalue weighted by Crippen LogP contribution is 2.44. The van der Waals surface area contributed by atoms with Crippen molar-refractivity contribution >= 4 is 22.7 Å². The number of carbonyl (C=O) groups excluding carboxylic acids is 2. The third-order valence-corrected chi connectivity index (χ3v) is 6.64. The maximum atomic E-state index is 13.7. The van der Waals surface area contributed by atoms with Gasteiger partial charge in [-0.1, -0.05) is 49.2 Å². The molecule has 1 aromatic heterocycles. The summed E-state index contributed by atoms with van der Waals surface area (Å²) in [5, 5.41) is 11.6. The minimum absolute atomic E-state index is 0.00433. The monoisotopic (exact) mass is 431 g/mol. The van der Waals surface area contributed by atoms with Crippen molar-refractivity contribution in [1.82, 2.24) is 4.90 Å². The van der Waals surface area contributed by atoms with Gasteiger partial charge in [-0.3, -0.25) is 9.59 Å². The molecule has 6 nitrogen and oxygen atoms in total. The molecule has 1 N–H and O–H groups in total. The van der Waals surface area contributed by atoms with E-state index in [1.807, 2.05) is 43.3 Å². The molecular weight excluding hydrogens is 406 g/mol. The average molecular weight is 431 g/mol. The summed E-state index contributed by atoms with van der Waals surface area (Å²) in [5.41, 5.74) is 2.34. The maximum Gasteiger partial charge on any atom is 0.290 e. The molecule has 1 fully saturated rings. The van der Waals surface area contributed by atoms with E-state index in [2.05, 4.69) is 0 Å². The minimum Gasteiger partial charge on any atom is -0.503 e. The summed E-state index contributed by atoms with van der Waals surface area (Å²) < 4.78 is 11.2. The molecule has 0 bridgehead atoms. The highest BCUT2D eigenvalue weighted by molar-refractivity contribution is 6.16. The molecule has 6 heteroatoms. The zero-order valence-corrected chi connectivity index (χ0v) is 18.1. The van der Waals surface area contributed by atoms with Crippen LogP contribution in [0.5, 0.6) is 5.75 Å². The Hall–Kier alpha value is -3.54. The Kier molecular flexibility index (Phi) is 5.00.